The molecule has 0 heterocycles. The standard InChI is InChI=1S/C19H22N2O4S/c1-14-3-8-18(11-15(14)2)25-10-9-20-19(22)13-26-12-16-4-6-17(7-5-16)21(23)24/h3-8,11H,9-10,12-13H2,1-2H3,(H,20,22). The molecule has 0 bridgehead atoms. The van der Waals surface area contributed by atoms with E-state index < -0.39 is 4.92 Å². The molecular formula is C19H22N2O4S. The van der Waals surface area contributed by atoms with Gasteiger partial charge in [-0.05, 0) is 42.7 Å². The monoisotopic (exact) mass is 374 g/mol. The van der Waals surface area contributed by atoms with Crippen LogP contribution in [0.4, 0.5) is 5.69 Å². The van der Waals surface area contributed by atoms with Crippen molar-refractivity contribution in [3.8, 4) is 5.75 Å². The van der Waals surface area contributed by atoms with Crippen molar-refractivity contribution in [2.45, 2.75) is 19.6 Å². The Morgan fingerprint density at radius 1 is 1.15 bits per heavy atom. The minimum atomic E-state index is -0.426. The van der Waals surface area contributed by atoms with Gasteiger partial charge < -0.3 is 10.1 Å². The minimum absolute atomic E-state index is 0.0550. The number of nitro benzene ring substituents is 1. The highest BCUT2D eigenvalue weighted by molar-refractivity contribution is 7.99. The maximum absolute atomic E-state index is 11.8. The first-order valence-electron chi connectivity index (χ1n) is 8.23. The van der Waals surface area contributed by atoms with E-state index >= 15 is 0 Å². The van der Waals surface area contributed by atoms with Crippen molar-refractivity contribution in [1.29, 1.82) is 0 Å². The zero-order chi connectivity index (χ0) is 18.9. The number of hydrogen-bond donors (Lipinski definition) is 1. The predicted molar refractivity (Wildman–Crippen MR) is 104 cm³/mol. The molecule has 0 aliphatic carbocycles. The molecule has 0 aliphatic heterocycles. The molecule has 26 heavy (non-hydrogen) atoms. The van der Waals surface area contributed by atoms with Gasteiger partial charge in [0.25, 0.3) is 5.69 Å². The second-order valence-corrected chi connectivity index (χ2v) is 6.85. The summed E-state index contributed by atoms with van der Waals surface area (Å²) in [5.41, 5.74) is 3.41. The molecule has 0 aliphatic rings. The number of rotatable bonds is 9. The van der Waals surface area contributed by atoms with Crippen LogP contribution in [0.5, 0.6) is 5.75 Å². The second-order valence-electron chi connectivity index (χ2n) is 5.86. The Bertz CT molecular complexity index is 763. The molecule has 1 N–H and O–H groups in total. The number of benzene rings is 2. The van der Waals surface area contributed by atoms with Crippen LogP contribution < -0.4 is 10.1 Å². The molecule has 0 spiro atoms. The second kappa shape index (κ2) is 9.82. The van der Waals surface area contributed by atoms with Crippen molar-refractivity contribution in [3.05, 3.63) is 69.3 Å². The molecule has 0 saturated heterocycles. The summed E-state index contributed by atoms with van der Waals surface area (Å²) in [6.45, 7) is 4.95. The molecule has 0 unspecified atom stereocenters. The lowest BCUT2D eigenvalue weighted by Gasteiger charge is -2.09. The number of carbonyl (C=O) groups is 1. The van der Waals surface area contributed by atoms with E-state index in [9.17, 15) is 14.9 Å². The van der Waals surface area contributed by atoms with Gasteiger partial charge in [0.15, 0.2) is 0 Å². The van der Waals surface area contributed by atoms with Gasteiger partial charge in [-0.2, -0.15) is 0 Å². The molecule has 0 atom stereocenters. The smallest absolute Gasteiger partial charge is 0.269 e. The highest BCUT2D eigenvalue weighted by Gasteiger charge is 2.05. The summed E-state index contributed by atoms with van der Waals surface area (Å²) >= 11 is 1.46. The van der Waals surface area contributed by atoms with Crippen molar-refractivity contribution in [1.82, 2.24) is 5.32 Å². The fourth-order valence-corrected chi connectivity index (χ4v) is 3.01. The summed E-state index contributed by atoms with van der Waals surface area (Å²) in [6.07, 6.45) is 0. The quantitative estimate of drug-likeness (QED) is 0.412. The number of nitro groups is 1. The fourth-order valence-electron chi connectivity index (χ4n) is 2.19. The summed E-state index contributed by atoms with van der Waals surface area (Å²) in [5, 5.41) is 13.4. The van der Waals surface area contributed by atoms with Gasteiger partial charge in [-0.1, -0.05) is 18.2 Å². The van der Waals surface area contributed by atoms with E-state index in [4.69, 9.17) is 4.74 Å². The van der Waals surface area contributed by atoms with Crippen LogP contribution in [-0.2, 0) is 10.5 Å². The van der Waals surface area contributed by atoms with Gasteiger partial charge in [0, 0.05) is 17.9 Å². The number of nitrogens with one attached hydrogen (secondary N) is 1. The van der Waals surface area contributed by atoms with Crippen LogP contribution in [0.1, 0.15) is 16.7 Å². The Balaban J connectivity index is 1.61. The zero-order valence-electron chi connectivity index (χ0n) is 14.9. The summed E-state index contributed by atoms with van der Waals surface area (Å²) in [7, 11) is 0. The Labute approximate surface area is 157 Å². The molecule has 0 fully saturated rings. The number of carbonyl (C=O) groups excluding carboxylic acids is 1. The Hall–Kier alpha value is -2.54. The molecule has 138 valence electrons. The Morgan fingerprint density at radius 3 is 2.54 bits per heavy atom. The molecule has 1 amide bonds. The normalized spacial score (nSPS) is 10.4. The number of thioether (sulfide) groups is 1. The van der Waals surface area contributed by atoms with E-state index in [1.807, 2.05) is 32.0 Å². The van der Waals surface area contributed by atoms with Crippen LogP contribution in [0, 0.1) is 24.0 Å². The molecule has 6 nitrogen and oxygen atoms in total. The average Bonchev–Trinajstić information content (AvgIpc) is 2.62. The molecule has 0 aromatic heterocycles. The summed E-state index contributed by atoms with van der Waals surface area (Å²) in [5.74, 6) is 1.71. The Kier molecular flexibility index (Phi) is 7.47. The van der Waals surface area contributed by atoms with Gasteiger partial charge in [0.1, 0.15) is 12.4 Å². The van der Waals surface area contributed by atoms with Crippen molar-refractivity contribution in [3.63, 3.8) is 0 Å². The van der Waals surface area contributed by atoms with Crippen molar-refractivity contribution < 1.29 is 14.5 Å². The van der Waals surface area contributed by atoms with Crippen LogP contribution in [0.2, 0.25) is 0 Å². The van der Waals surface area contributed by atoms with E-state index in [2.05, 4.69) is 5.32 Å². The summed E-state index contributed by atoms with van der Waals surface area (Å²) in [6, 6.07) is 12.3. The van der Waals surface area contributed by atoms with Gasteiger partial charge in [-0.3, -0.25) is 14.9 Å². The average molecular weight is 374 g/mol. The molecule has 0 radical (unpaired) electrons. The number of amides is 1. The van der Waals surface area contributed by atoms with E-state index in [1.165, 1.54) is 35.0 Å². The number of nitrogens with zero attached hydrogens (tertiary/aromatic N) is 1. The van der Waals surface area contributed by atoms with E-state index in [1.54, 1.807) is 12.1 Å². The highest BCUT2D eigenvalue weighted by Crippen LogP contribution is 2.17. The van der Waals surface area contributed by atoms with Crippen molar-refractivity contribution >= 4 is 23.4 Å². The highest BCUT2D eigenvalue weighted by atomic mass is 32.2. The maximum atomic E-state index is 11.8. The topological polar surface area (TPSA) is 81.5 Å². The number of aryl methyl sites for hydroxylation is 2. The minimum Gasteiger partial charge on any atom is -0.492 e. The first kappa shape index (κ1) is 19.8. The third kappa shape index (κ3) is 6.40. The number of hydrogen-bond acceptors (Lipinski definition) is 5. The predicted octanol–water partition coefficient (Wildman–Crippen LogP) is 3.64. The lowest BCUT2D eigenvalue weighted by atomic mass is 10.1. The van der Waals surface area contributed by atoms with Gasteiger partial charge in [0.2, 0.25) is 5.91 Å². The van der Waals surface area contributed by atoms with E-state index in [0.717, 1.165) is 11.3 Å². The number of ether oxygens (including phenoxy) is 1. The van der Waals surface area contributed by atoms with Gasteiger partial charge in [0.05, 0.1) is 17.2 Å². The third-order valence-electron chi connectivity index (χ3n) is 3.82. The molecule has 0 saturated carbocycles. The van der Waals surface area contributed by atoms with Crippen molar-refractivity contribution in [2.24, 2.45) is 0 Å². The molecule has 7 heteroatoms. The van der Waals surface area contributed by atoms with E-state index in [0.29, 0.717) is 24.7 Å². The maximum Gasteiger partial charge on any atom is 0.269 e. The van der Waals surface area contributed by atoms with Crippen LogP contribution in [0.25, 0.3) is 0 Å². The lowest BCUT2D eigenvalue weighted by Crippen LogP contribution is -2.29. The van der Waals surface area contributed by atoms with Crippen LogP contribution in [0.15, 0.2) is 42.5 Å². The fraction of sp³-hybridized carbons (Fsp3) is 0.316. The van der Waals surface area contributed by atoms with Gasteiger partial charge >= 0.3 is 0 Å². The zero-order valence-corrected chi connectivity index (χ0v) is 15.7. The first-order chi connectivity index (χ1) is 12.5. The van der Waals surface area contributed by atoms with E-state index in [-0.39, 0.29) is 11.6 Å². The van der Waals surface area contributed by atoms with Gasteiger partial charge in [-0.25, -0.2) is 0 Å². The summed E-state index contributed by atoms with van der Waals surface area (Å²) in [4.78, 5) is 22.0. The molecule has 2 aromatic carbocycles. The van der Waals surface area contributed by atoms with Crippen LogP contribution in [0.3, 0.4) is 0 Å². The van der Waals surface area contributed by atoms with Crippen molar-refractivity contribution in [2.75, 3.05) is 18.9 Å². The van der Waals surface area contributed by atoms with Crippen LogP contribution in [-0.4, -0.2) is 29.7 Å². The third-order valence-corrected chi connectivity index (χ3v) is 4.82. The largest absolute Gasteiger partial charge is 0.492 e. The lowest BCUT2D eigenvalue weighted by molar-refractivity contribution is -0.384. The SMILES string of the molecule is Cc1ccc(OCCNC(=O)CSCc2ccc([N+](=O)[O-])cc2)cc1C. The molecular weight excluding hydrogens is 352 g/mol. The van der Waals surface area contributed by atoms with Gasteiger partial charge in [-0.15, -0.1) is 11.8 Å². The summed E-state index contributed by atoms with van der Waals surface area (Å²) < 4.78 is 5.62. The van der Waals surface area contributed by atoms with Crippen LogP contribution >= 0.6 is 11.8 Å². The Morgan fingerprint density at radius 2 is 1.88 bits per heavy atom. The number of non-ortho nitro benzene ring substituents is 1. The molecule has 2 rings (SSSR count). The first-order valence-corrected chi connectivity index (χ1v) is 9.39. The molecule has 2 aromatic rings.